The van der Waals surface area contributed by atoms with Gasteiger partial charge in [-0.3, -0.25) is 0 Å². The number of hydrogen-bond acceptors (Lipinski definition) is 1. The zero-order chi connectivity index (χ0) is 9.56. The van der Waals surface area contributed by atoms with Crippen LogP contribution in [0.4, 0.5) is 0 Å². The van der Waals surface area contributed by atoms with Crippen LogP contribution in [0.5, 0.6) is 0 Å². The molecule has 0 aliphatic rings. The van der Waals surface area contributed by atoms with E-state index in [9.17, 15) is 0 Å². The third-order valence-corrected chi connectivity index (χ3v) is 2.60. The summed E-state index contributed by atoms with van der Waals surface area (Å²) in [5.74, 6) is 2.33. The third-order valence-electron chi connectivity index (χ3n) is 2.60. The molecule has 0 radical (unpaired) electrons. The highest BCUT2D eigenvalue weighted by Crippen LogP contribution is 2.18. The molecule has 1 nitrogen and oxygen atoms in total. The Morgan fingerprint density at radius 1 is 1.00 bits per heavy atom. The van der Waals surface area contributed by atoms with Crippen molar-refractivity contribution in [2.75, 3.05) is 6.54 Å². The van der Waals surface area contributed by atoms with Gasteiger partial charge < -0.3 is 5.73 Å². The van der Waals surface area contributed by atoms with Crippen molar-refractivity contribution in [3.8, 4) is 0 Å². The van der Waals surface area contributed by atoms with Crippen molar-refractivity contribution in [1.82, 2.24) is 0 Å². The van der Waals surface area contributed by atoms with E-state index in [2.05, 4.69) is 27.7 Å². The van der Waals surface area contributed by atoms with E-state index < -0.39 is 0 Å². The fourth-order valence-electron chi connectivity index (χ4n) is 1.51. The minimum Gasteiger partial charge on any atom is -0.330 e. The van der Waals surface area contributed by atoms with Crippen molar-refractivity contribution in [2.24, 2.45) is 23.5 Å². The first-order valence-electron chi connectivity index (χ1n) is 5.28. The summed E-state index contributed by atoms with van der Waals surface area (Å²) in [6, 6.07) is 0. The fourth-order valence-corrected chi connectivity index (χ4v) is 1.51. The molecule has 1 unspecified atom stereocenters. The molecule has 0 aromatic rings. The third kappa shape index (κ3) is 5.59. The summed E-state index contributed by atoms with van der Waals surface area (Å²) in [7, 11) is 0. The van der Waals surface area contributed by atoms with Crippen LogP contribution in [0.15, 0.2) is 0 Å². The molecule has 1 atom stereocenters. The maximum atomic E-state index is 5.69. The average molecular weight is 171 g/mol. The summed E-state index contributed by atoms with van der Waals surface area (Å²) in [6.45, 7) is 9.97. The Labute approximate surface area is 77.7 Å². The molecular formula is C11H25N. The van der Waals surface area contributed by atoms with Crippen LogP contribution in [0.2, 0.25) is 0 Å². The standard InChI is InChI=1S/C11H25N/c1-9(2)6-5-7-11(8-12)10(3)4/h9-11H,5-8,12H2,1-4H3. The summed E-state index contributed by atoms with van der Waals surface area (Å²) in [5, 5.41) is 0. The number of hydrogen-bond donors (Lipinski definition) is 1. The molecule has 0 spiro atoms. The van der Waals surface area contributed by atoms with Crippen molar-refractivity contribution < 1.29 is 0 Å². The van der Waals surface area contributed by atoms with Crippen LogP contribution in [0.3, 0.4) is 0 Å². The Kier molecular flexibility index (Phi) is 6.45. The van der Waals surface area contributed by atoms with Crippen molar-refractivity contribution >= 4 is 0 Å². The van der Waals surface area contributed by atoms with Gasteiger partial charge >= 0.3 is 0 Å². The van der Waals surface area contributed by atoms with E-state index >= 15 is 0 Å². The summed E-state index contributed by atoms with van der Waals surface area (Å²) in [4.78, 5) is 0. The van der Waals surface area contributed by atoms with Gasteiger partial charge in [-0.15, -0.1) is 0 Å². The van der Waals surface area contributed by atoms with Crippen LogP contribution in [0.1, 0.15) is 47.0 Å². The van der Waals surface area contributed by atoms with Gasteiger partial charge in [-0.1, -0.05) is 40.5 Å². The number of rotatable bonds is 6. The van der Waals surface area contributed by atoms with Crippen LogP contribution >= 0.6 is 0 Å². The van der Waals surface area contributed by atoms with Gasteiger partial charge in [0.1, 0.15) is 0 Å². The van der Waals surface area contributed by atoms with Gasteiger partial charge in [0.2, 0.25) is 0 Å². The topological polar surface area (TPSA) is 26.0 Å². The minimum absolute atomic E-state index is 0.740. The molecule has 0 heterocycles. The molecular weight excluding hydrogens is 146 g/mol. The van der Waals surface area contributed by atoms with Gasteiger partial charge in [-0.25, -0.2) is 0 Å². The lowest BCUT2D eigenvalue weighted by atomic mass is 9.89. The molecule has 0 amide bonds. The van der Waals surface area contributed by atoms with Gasteiger partial charge in [0.25, 0.3) is 0 Å². The first kappa shape index (κ1) is 12.0. The molecule has 74 valence electrons. The lowest BCUT2D eigenvalue weighted by Gasteiger charge is -2.18. The minimum atomic E-state index is 0.740. The number of nitrogens with two attached hydrogens (primary N) is 1. The van der Waals surface area contributed by atoms with Crippen LogP contribution < -0.4 is 5.73 Å². The van der Waals surface area contributed by atoms with Crippen LogP contribution in [-0.4, -0.2) is 6.54 Å². The maximum Gasteiger partial charge on any atom is -0.00464 e. The fraction of sp³-hybridized carbons (Fsp3) is 1.00. The molecule has 0 aliphatic carbocycles. The first-order chi connectivity index (χ1) is 5.57. The Hall–Kier alpha value is -0.0400. The van der Waals surface area contributed by atoms with E-state index in [4.69, 9.17) is 5.73 Å². The van der Waals surface area contributed by atoms with Gasteiger partial charge in [0.15, 0.2) is 0 Å². The normalized spacial score (nSPS) is 14.2. The Morgan fingerprint density at radius 3 is 1.92 bits per heavy atom. The highest BCUT2D eigenvalue weighted by molar-refractivity contribution is 4.64. The summed E-state index contributed by atoms with van der Waals surface area (Å²) in [5.41, 5.74) is 5.69. The van der Waals surface area contributed by atoms with Crippen LogP contribution in [-0.2, 0) is 0 Å². The van der Waals surface area contributed by atoms with Gasteiger partial charge in [-0.2, -0.15) is 0 Å². The molecule has 0 aromatic heterocycles. The molecule has 0 rings (SSSR count). The molecule has 12 heavy (non-hydrogen) atoms. The smallest absolute Gasteiger partial charge is 0.00464 e. The van der Waals surface area contributed by atoms with Gasteiger partial charge in [0.05, 0.1) is 0 Å². The van der Waals surface area contributed by atoms with E-state index in [1.165, 1.54) is 19.3 Å². The van der Waals surface area contributed by atoms with Gasteiger partial charge in [-0.05, 0) is 30.7 Å². The molecule has 1 heteroatoms. The second kappa shape index (κ2) is 6.47. The van der Waals surface area contributed by atoms with E-state index in [0.717, 1.165) is 24.3 Å². The predicted molar refractivity (Wildman–Crippen MR) is 56.1 cm³/mol. The van der Waals surface area contributed by atoms with Crippen molar-refractivity contribution in [3.63, 3.8) is 0 Å². The maximum absolute atomic E-state index is 5.69. The van der Waals surface area contributed by atoms with Crippen LogP contribution in [0.25, 0.3) is 0 Å². The molecule has 0 saturated heterocycles. The van der Waals surface area contributed by atoms with E-state index in [0.29, 0.717) is 0 Å². The Balaban J connectivity index is 3.45. The predicted octanol–water partition coefficient (Wildman–Crippen LogP) is 3.04. The average Bonchev–Trinajstić information content (AvgIpc) is 1.96. The largest absolute Gasteiger partial charge is 0.330 e. The van der Waals surface area contributed by atoms with Gasteiger partial charge in [0, 0.05) is 0 Å². The summed E-state index contributed by atoms with van der Waals surface area (Å²) in [6.07, 6.45) is 4.01. The van der Waals surface area contributed by atoms with E-state index in [-0.39, 0.29) is 0 Å². The zero-order valence-electron chi connectivity index (χ0n) is 9.14. The lowest BCUT2D eigenvalue weighted by molar-refractivity contribution is 0.346. The molecule has 0 fully saturated rings. The monoisotopic (exact) mass is 171 g/mol. The van der Waals surface area contributed by atoms with E-state index in [1.54, 1.807) is 0 Å². The molecule has 0 bridgehead atoms. The summed E-state index contributed by atoms with van der Waals surface area (Å²) < 4.78 is 0. The van der Waals surface area contributed by atoms with Crippen LogP contribution in [0, 0.1) is 17.8 Å². The SMILES string of the molecule is CC(C)CCCC(CN)C(C)C. The second-order valence-electron chi connectivity index (χ2n) is 4.56. The van der Waals surface area contributed by atoms with Crippen molar-refractivity contribution in [2.45, 2.75) is 47.0 Å². The highest BCUT2D eigenvalue weighted by Gasteiger charge is 2.10. The Morgan fingerprint density at radius 2 is 1.58 bits per heavy atom. The van der Waals surface area contributed by atoms with Crippen molar-refractivity contribution in [1.29, 1.82) is 0 Å². The second-order valence-corrected chi connectivity index (χ2v) is 4.56. The summed E-state index contributed by atoms with van der Waals surface area (Å²) >= 11 is 0. The zero-order valence-corrected chi connectivity index (χ0v) is 9.14. The molecule has 2 N–H and O–H groups in total. The molecule has 0 saturated carbocycles. The lowest BCUT2D eigenvalue weighted by Crippen LogP contribution is -2.19. The molecule has 0 aliphatic heterocycles. The van der Waals surface area contributed by atoms with E-state index in [1.807, 2.05) is 0 Å². The van der Waals surface area contributed by atoms with Crippen molar-refractivity contribution in [3.05, 3.63) is 0 Å². The Bertz CT molecular complexity index is 97.2. The highest BCUT2D eigenvalue weighted by atomic mass is 14.5. The first-order valence-corrected chi connectivity index (χ1v) is 5.28. The molecule has 0 aromatic carbocycles. The quantitative estimate of drug-likeness (QED) is 0.653.